The van der Waals surface area contributed by atoms with Gasteiger partial charge in [0, 0.05) is 0 Å². The van der Waals surface area contributed by atoms with Crippen molar-refractivity contribution < 1.29 is 45.9 Å². The molecular formula is C25H41N8O5Pt-. The molecule has 10 atom stereocenters. The number of rotatable bonds is 4. The summed E-state index contributed by atoms with van der Waals surface area (Å²) < 4.78 is 5.38. The van der Waals surface area contributed by atoms with E-state index < -0.39 is 49.3 Å². The second-order valence-corrected chi connectivity index (χ2v) is 11.0. The Hall–Kier alpha value is -1.18. The molecule has 6 rings (SSSR count). The maximum absolute atomic E-state index is 11.7. The number of nitrogens with two attached hydrogens (primary N) is 1. The number of hydrogen-bond acceptors (Lipinski definition) is 9. The number of piperidine rings is 3. The Labute approximate surface area is 244 Å². The van der Waals surface area contributed by atoms with E-state index in [-0.39, 0.29) is 27.0 Å². The quantitative estimate of drug-likeness (QED) is 0.270. The first kappa shape index (κ1) is 30.8. The van der Waals surface area contributed by atoms with Crippen LogP contribution in [-0.2, 0) is 30.6 Å². The molecule has 0 aromatic heterocycles. The molecule has 0 saturated carbocycles. The fourth-order valence-electron chi connectivity index (χ4n) is 6.29. The van der Waals surface area contributed by atoms with Crippen LogP contribution in [0.1, 0.15) is 57.8 Å². The van der Waals surface area contributed by atoms with Gasteiger partial charge < -0.3 is 46.6 Å². The number of fused-ring (bicyclic) bond motifs is 1. The topological polar surface area (TPSA) is 195 Å². The van der Waals surface area contributed by atoms with Crippen molar-refractivity contribution in [2.45, 2.75) is 119 Å². The van der Waals surface area contributed by atoms with Gasteiger partial charge in [-0.05, 0) is 0 Å². The molecule has 6 aliphatic heterocycles. The minimum Gasteiger partial charge on any atom is -0.661 e. The molecule has 222 valence electrons. The van der Waals surface area contributed by atoms with Crippen LogP contribution < -0.4 is 11.1 Å². The van der Waals surface area contributed by atoms with Gasteiger partial charge in [0.15, 0.2) is 24.4 Å². The van der Waals surface area contributed by atoms with E-state index in [4.69, 9.17) is 31.5 Å². The number of nitrogens with one attached hydrogen (secondary N) is 1. The van der Waals surface area contributed by atoms with Crippen LogP contribution in [0.25, 0.3) is 16.0 Å². The monoisotopic (exact) mass is 728 g/mol. The van der Waals surface area contributed by atoms with E-state index >= 15 is 0 Å². The zero-order chi connectivity index (χ0) is 26.6. The van der Waals surface area contributed by atoms with Crippen LogP contribution in [0.15, 0.2) is 9.98 Å². The molecule has 6 N–H and O–H groups in total. The summed E-state index contributed by atoms with van der Waals surface area (Å²) in [4.78, 5) is 21.2. The van der Waals surface area contributed by atoms with Gasteiger partial charge in [0.05, 0.1) is 12.9 Å². The molecule has 0 radical (unpaired) electrons. The smallest absolute Gasteiger partial charge is 0.661 e. The normalized spacial score (nSPS) is 42.0. The molecule has 4 fully saturated rings. The number of aliphatic hydroxyl groups is 3. The number of amides is 1. The predicted octanol–water partition coefficient (Wildman–Crippen LogP) is 0.0396. The Kier molecular flexibility index (Phi) is 11.1. The van der Waals surface area contributed by atoms with Crippen LogP contribution in [-0.4, -0.2) is 119 Å². The zero-order valence-electron chi connectivity index (χ0n) is 22.1. The Balaban J connectivity index is 0.000000177. The maximum Gasteiger partial charge on any atom is 2.00 e. The van der Waals surface area contributed by atoms with Gasteiger partial charge in [0.2, 0.25) is 0 Å². The molecule has 0 aliphatic carbocycles. The van der Waals surface area contributed by atoms with Crippen LogP contribution >= 0.6 is 0 Å². The molecule has 13 nitrogen and oxygen atoms in total. The Morgan fingerprint density at radius 3 is 2.13 bits per heavy atom. The molecule has 0 spiro atoms. The summed E-state index contributed by atoms with van der Waals surface area (Å²) in [5.74, 6) is -0.438. The minimum atomic E-state index is -1.25. The molecule has 4 saturated heterocycles. The summed E-state index contributed by atoms with van der Waals surface area (Å²) in [6, 6.07) is 1.38. The number of nitrogens with zero attached hydrogens (tertiary/aromatic N) is 6. The molecule has 0 aromatic carbocycles. The van der Waals surface area contributed by atoms with Crippen LogP contribution in [0.2, 0.25) is 0 Å². The average molecular weight is 729 g/mol. The average Bonchev–Trinajstić information content (AvgIpc) is 3.50. The Morgan fingerprint density at radius 1 is 0.974 bits per heavy atom. The van der Waals surface area contributed by atoms with Gasteiger partial charge in [0.25, 0.3) is 5.91 Å². The number of hydrogen-bond donors (Lipinski definition) is 5. The first-order valence-electron chi connectivity index (χ1n) is 14.1. The Morgan fingerprint density at radius 2 is 1.59 bits per heavy atom. The molecule has 10 unspecified atom stereocenters. The third-order valence-corrected chi connectivity index (χ3v) is 8.36. The van der Waals surface area contributed by atoms with E-state index in [1.165, 1.54) is 69.0 Å². The van der Waals surface area contributed by atoms with Crippen molar-refractivity contribution in [3.05, 3.63) is 16.0 Å². The maximum atomic E-state index is 11.7. The van der Waals surface area contributed by atoms with Crippen molar-refractivity contribution in [1.82, 2.24) is 10.2 Å². The number of carbonyl (C=O) groups excluding carboxylic acids is 1. The SMILES string of the molecule is C1CCC(C2CCCC(C3CCCC[N-]3)[N-]2)[N-]C1.NC1=NC2C(N=CN2C2OC(CO)C(O)C2O)C(=O)N1.[Pt+2]. The van der Waals surface area contributed by atoms with Gasteiger partial charge in [-0.25, -0.2) is 4.99 Å². The van der Waals surface area contributed by atoms with Crippen LogP contribution in [0.3, 0.4) is 0 Å². The van der Waals surface area contributed by atoms with E-state index in [9.17, 15) is 15.0 Å². The molecule has 14 heteroatoms. The van der Waals surface area contributed by atoms with Crippen molar-refractivity contribution in [1.29, 1.82) is 0 Å². The number of ether oxygens (including phenoxy) is 1. The van der Waals surface area contributed by atoms with Crippen molar-refractivity contribution in [2.75, 3.05) is 19.7 Å². The predicted molar refractivity (Wildman–Crippen MR) is 142 cm³/mol. The summed E-state index contributed by atoms with van der Waals surface area (Å²) >= 11 is 0. The molecular weight excluding hydrogens is 687 g/mol. The number of carbonyl (C=O) groups is 1. The first-order chi connectivity index (χ1) is 18.5. The molecule has 6 heterocycles. The summed E-state index contributed by atoms with van der Waals surface area (Å²) in [6.07, 6.45) is 8.04. The fourth-order valence-corrected chi connectivity index (χ4v) is 6.29. The van der Waals surface area contributed by atoms with Gasteiger partial charge in [-0.2, -0.15) is 24.2 Å². The third kappa shape index (κ3) is 7.01. The molecule has 39 heavy (non-hydrogen) atoms. The first-order valence-corrected chi connectivity index (χ1v) is 14.1. The second-order valence-electron chi connectivity index (χ2n) is 11.0. The molecule has 0 bridgehead atoms. The largest absolute Gasteiger partial charge is 2.00 e. The Bertz CT molecular complexity index is 847. The molecule has 1 amide bonds. The van der Waals surface area contributed by atoms with E-state index in [1.807, 2.05) is 0 Å². The van der Waals surface area contributed by atoms with Crippen molar-refractivity contribution >= 4 is 18.2 Å². The summed E-state index contributed by atoms with van der Waals surface area (Å²) in [6.45, 7) is 1.73. The number of guanidine groups is 1. The van der Waals surface area contributed by atoms with Crippen LogP contribution in [0.5, 0.6) is 0 Å². The van der Waals surface area contributed by atoms with E-state index in [2.05, 4.69) is 15.3 Å². The van der Waals surface area contributed by atoms with Gasteiger partial charge >= 0.3 is 21.1 Å². The zero-order valence-corrected chi connectivity index (χ0v) is 24.3. The van der Waals surface area contributed by atoms with Crippen LogP contribution in [0.4, 0.5) is 0 Å². The third-order valence-electron chi connectivity index (χ3n) is 8.36. The fraction of sp³-hybridized carbons (Fsp3) is 0.880. The van der Waals surface area contributed by atoms with Gasteiger partial charge in [-0.3, -0.25) is 15.1 Å². The summed E-state index contributed by atoms with van der Waals surface area (Å²) in [7, 11) is 0. The van der Waals surface area contributed by atoms with Crippen LogP contribution in [0, 0.1) is 0 Å². The van der Waals surface area contributed by atoms with Gasteiger partial charge in [0.1, 0.15) is 18.3 Å². The standard InChI is InChI=1S/C15H26N3.C10H15N5O5.Pt/c1-3-10-16-12(6-1)14-8-5-9-15(18-14)13-7-2-4-11-17-13;11-10-13-7-4(8(19)14-10)12-2-15(7)9-6(18)5(17)3(1-16)20-9;/h12-15H,1-11H2;2-7,9,16-18H,1H2,(H3,11,13,14,19);/q-3;;+2. The summed E-state index contributed by atoms with van der Waals surface area (Å²) in [5, 5.41) is 45.9. The van der Waals surface area contributed by atoms with Crippen molar-refractivity contribution in [3.63, 3.8) is 0 Å². The summed E-state index contributed by atoms with van der Waals surface area (Å²) in [5.41, 5.74) is 5.50. The minimum absolute atomic E-state index is 0. The van der Waals surface area contributed by atoms with Crippen molar-refractivity contribution in [3.8, 4) is 0 Å². The van der Waals surface area contributed by atoms with Gasteiger partial charge in [-0.15, -0.1) is 13.1 Å². The molecule has 0 aromatic rings. The van der Waals surface area contributed by atoms with E-state index in [1.54, 1.807) is 0 Å². The van der Waals surface area contributed by atoms with E-state index in [0.29, 0.717) is 24.2 Å². The molecule has 6 aliphatic rings. The second kappa shape index (κ2) is 14.1. The van der Waals surface area contributed by atoms with Gasteiger partial charge in [-0.1, -0.05) is 57.8 Å². The number of aliphatic hydroxyl groups excluding tert-OH is 3. The van der Waals surface area contributed by atoms with E-state index in [0.717, 1.165) is 13.1 Å². The number of aliphatic imine (C=N–C) groups is 2. The van der Waals surface area contributed by atoms with Crippen molar-refractivity contribution in [2.24, 2.45) is 15.7 Å².